The van der Waals surface area contributed by atoms with Crippen LogP contribution in [0.5, 0.6) is 0 Å². The Kier molecular flexibility index (Phi) is 4.59. The lowest BCUT2D eigenvalue weighted by Crippen LogP contribution is -2.38. The summed E-state index contributed by atoms with van der Waals surface area (Å²) in [4.78, 5) is 4.19. The molecule has 0 aliphatic heterocycles. The van der Waals surface area contributed by atoms with Crippen LogP contribution in [0.2, 0.25) is 0 Å². The molecule has 0 aromatic carbocycles. The van der Waals surface area contributed by atoms with Crippen molar-refractivity contribution < 1.29 is 0 Å². The molecule has 0 bridgehead atoms. The molecule has 3 nitrogen and oxygen atoms in total. The zero-order chi connectivity index (χ0) is 13.0. The number of nitrogen functional groups attached to an aromatic ring is 1. The molecule has 0 amide bonds. The van der Waals surface area contributed by atoms with E-state index in [1.807, 2.05) is 12.3 Å². The molecular formula is C15H25N3. The molecule has 0 saturated heterocycles. The van der Waals surface area contributed by atoms with Crippen LogP contribution in [0.3, 0.4) is 0 Å². The van der Waals surface area contributed by atoms with Gasteiger partial charge in [-0.25, -0.2) is 0 Å². The Morgan fingerprint density at radius 2 is 2.33 bits per heavy atom. The van der Waals surface area contributed by atoms with E-state index in [1.165, 1.54) is 31.2 Å². The van der Waals surface area contributed by atoms with Crippen LogP contribution in [0.1, 0.15) is 38.2 Å². The van der Waals surface area contributed by atoms with Crippen molar-refractivity contribution in [2.45, 2.75) is 45.1 Å². The third-order valence-electron chi connectivity index (χ3n) is 4.30. The summed E-state index contributed by atoms with van der Waals surface area (Å²) < 4.78 is 0. The molecule has 1 aromatic rings. The summed E-state index contributed by atoms with van der Waals surface area (Å²) in [5.41, 5.74) is 8.06. The van der Waals surface area contributed by atoms with Crippen LogP contribution in [0.15, 0.2) is 18.5 Å². The smallest absolute Gasteiger partial charge is 0.0378 e. The van der Waals surface area contributed by atoms with Gasteiger partial charge < -0.3 is 11.1 Å². The van der Waals surface area contributed by atoms with Crippen molar-refractivity contribution in [3.8, 4) is 0 Å². The van der Waals surface area contributed by atoms with E-state index in [0.717, 1.165) is 23.9 Å². The maximum absolute atomic E-state index is 6.01. The van der Waals surface area contributed by atoms with Crippen LogP contribution in [0, 0.1) is 11.8 Å². The zero-order valence-electron chi connectivity index (χ0n) is 11.5. The third-order valence-corrected chi connectivity index (χ3v) is 4.30. The Morgan fingerprint density at radius 3 is 3.00 bits per heavy atom. The minimum absolute atomic E-state index is 0.527. The Hall–Kier alpha value is -1.09. The number of rotatable bonds is 4. The normalized spacial score (nSPS) is 25.9. The fourth-order valence-corrected chi connectivity index (χ4v) is 3.20. The topological polar surface area (TPSA) is 50.9 Å². The van der Waals surface area contributed by atoms with Gasteiger partial charge in [-0.2, -0.15) is 0 Å². The number of likely N-dealkylation sites (N-methyl/N-ethyl adjacent to an activating group) is 1. The highest BCUT2D eigenvalue weighted by molar-refractivity contribution is 5.44. The van der Waals surface area contributed by atoms with Gasteiger partial charge in [-0.15, -0.1) is 0 Å². The summed E-state index contributed by atoms with van der Waals surface area (Å²) >= 11 is 0. The molecule has 3 atom stereocenters. The molecule has 0 radical (unpaired) electrons. The number of hydrogen-bond donors (Lipinski definition) is 2. The number of anilines is 1. The Bertz CT molecular complexity index is 378. The van der Waals surface area contributed by atoms with Crippen LogP contribution in [0.4, 0.5) is 5.69 Å². The summed E-state index contributed by atoms with van der Waals surface area (Å²) in [6.07, 6.45) is 10.1. The van der Waals surface area contributed by atoms with Crippen molar-refractivity contribution in [1.82, 2.24) is 10.3 Å². The third kappa shape index (κ3) is 3.22. The number of hydrogen-bond acceptors (Lipinski definition) is 3. The summed E-state index contributed by atoms with van der Waals surface area (Å²) in [5.74, 6) is 1.64. The Morgan fingerprint density at radius 1 is 1.50 bits per heavy atom. The second-order valence-electron chi connectivity index (χ2n) is 5.71. The van der Waals surface area contributed by atoms with Crippen molar-refractivity contribution in [3.63, 3.8) is 0 Å². The quantitative estimate of drug-likeness (QED) is 0.860. The minimum atomic E-state index is 0.527. The largest absolute Gasteiger partial charge is 0.398 e. The molecule has 0 spiro atoms. The average Bonchev–Trinajstić information content (AvgIpc) is 2.38. The molecule has 18 heavy (non-hydrogen) atoms. The maximum atomic E-state index is 6.01. The van der Waals surface area contributed by atoms with Gasteiger partial charge in [0.1, 0.15) is 0 Å². The molecular weight excluding hydrogens is 222 g/mol. The molecule has 1 saturated carbocycles. The van der Waals surface area contributed by atoms with Crippen molar-refractivity contribution in [2.24, 2.45) is 11.8 Å². The minimum Gasteiger partial charge on any atom is -0.398 e. The van der Waals surface area contributed by atoms with E-state index in [0.29, 0.717) is 6.04 Å². The molecule has 2 rings (SSSR count). The van der Waals surface area contributed by atoms with Gasteiger partial charge in [0.25, 0.3) is 0 Å². The summed E-state index contributed by atoms with van der Waals surface area (Å²) in [7, 11) is 2.07. The SMILES string of the molecule is CNC(Cc1cnccc1N)C1CCCC(C)C1. The molecule has 3 N–H and O–H groups in total. The molecule has 1 aromatic heterocycles. The highest BCUT2D eigenvalue weighted by atomic mass is 14.9. The van der Waals surface area contributed by atoms with E-state index >= 15 is 0 Å². The molecule has 3 heteroatoms. The van der Waals surface area contributed by atoms with Gasteiger partial charge in [0.2, 0.25) is 0 Å². The number of aromatic nitrogens is 1. The zero-order valence-corrected chi connectivity index (χ0v) is 11.5. The summed E-state index contributed by atoms with van der Waals surface area (Å²) in [6.45, 7) is 2.37. The first-order valence-electron chi connectivity index (χ1n) is 7.06. The van der Waals surface area contributed by atoms with Crippen LogP contribution in [0.25, 0.3) is 0 Å². The lowest BCUT2D eigenvalue weighted by atomic mass is 9.77. The maximum Gasteiger partial charge on any atom is 0.0378 e. The number of nitrogens with zero attached hydrogens (tertiary/aromatic N) is 1. The van der Waals surface area contributed by atoms with Gasteiger partial charge in [0.05, 0.1) is 0 Å². The second kappa shape index (κ2) is 6.19. The Balaban J connectivity index is 2.03. The predicted octanol–water partition coefficient (Wildman–Crippen LogP) is 2.62. The average molecular weight is 247 g/mol. The highest BCUT2D eigenvalue weighted by Gasteiger charge is 2.26. The molecule has 1 aliphatic rings. The molecule has 1 heterocycles. The van der Waals surface area contributed by atoms with Gasteiger partial charge in [-0.3, -0.25) is 4.98 Å². The van der Waals surface area contributed by atoms with E-state index in [-0.39, 0.29) is 0 Å². The number of pyridine rings is 1. The predicted molar refractivity (Wildman–Crippen MR) is 76.3 cm³/mol. The van der Waals surface area contributed by atoms with Crippen molar-refractivity contribution in [2.75, 3.05) is 12.8 Å². The first-order chi connectivity index (χ1) is 8.70. The highest BCUT2D eigenvalue weighted by Crippen LogP contribution is 2.32. The fraction of sp³-hybridized carbons (Fsp3) is 0.667. The first kappa shape index (κ1) is 13.3. The fourth-order valence-electron chi connectivity index (χ4n) is 3.20. The molecule has 3 unspecified atom stereocenters. The lowest BCUT2D eigenvalue weighted by Gasteiger charge is -2.33. The molecule has 1 aliphatic carbocycles. The van der Waals surface area contributed by atoms with Crippen molar-refractivity contribution >= 4 is 5.69 Å². The second-order valence-corrected chi connectivity index (χ2v) is 5.71. The van der Waals surface area contributed by atoms with E-state index < -0.39 is 0 Å². The van der Waals surface area contributed by atoms with Crippen LogP contribution >= 0.6 is 0 Å². The van der Waals surface area contributed by atoms with Crippen LogP contribution in [-0.2, 0) is 6.42 Å². The standard InChI is InChI=1S/C15H25N3/c1-11-4-3-5-12(8-11)15(17-2)9-13-10-18-7-6-14(13)16/h6-7,10-12,15,17H,3-5,8-9H2,1-2H3,(H2,16,18). The monoisotopic (exact) mass is 247 g/mol. The summed E-state index contributed by atoms with van der Waals surface area (Å²) in [5, 5.41) is 3.48. The van der Waals surface area contributed by atoms with E-state index in [2.05, 4.69) is 24.3 Å². The lowest BCUT2D eigenvalue weighted by molar-refractivity contribution is 0.227. The van der Waals surface area contributed by atoms with E-state index in [9.17, 15) is 0 Å². The molecule has 100 valence electrons. The number of nitrogens with one attached hydrogen (secondary N) is 1. The van der Waals surface area contributed by atoms with Crippen molar-refractivity contribution in [1.29, 1.82) is 0 Å². The summed E-state index contributed by atoms with van der Waals surface area (Å²) in [6, 6.07) is 2.42. The van der Waals surface area contributed by atoms with E-state index in [4.69, 9.17) is 5.73 Å². The van der Waals surface area contributed by atoms with E-state index in [1.54, 1.807) is 6.20 Å². The molecule has 1 fully saturated rings. The first-order valence-corrected chi connectivity index (χ1v) is 7.06. The van der Waals surface area contributed by atoms with Gasteiger partial charge in [-0.1, -0.05) is 19.8 Å². The van der Waals surface area contributed by atoms with Gasteiger partial charge in [-0.05, 0) is 49.8 Å². The van der Waals surface area contributed by atoms with Crippen LogP contribution < -0.4 is 11.1 Å². The van der Waals surface area contributed by atoms with Crippen LogP contribution in [-0.4, -0.2) is 18.1 Å². The Labute approximate surface area is 110 Å². The number of nitrogens with two attached hydrogens (primary N) is 1. The van der Waals surface area contributed by atoms with Gasteiger partial charge >= 0.3 is 0 Å². The van der Waals surface area contributed by atoms with Crippen molar-refractivity contribution in [3.05, 3.63) is 24.0 Å². The van der Waals surface area contributed by atoms with Gasteiger partial charge in [0, 0.05) is 24.1 Å². The van der Waals surface area contributed by atoms with Gasteiger partial charge in [0.15, 0.2) is 0 Å².